The van der Waals surface area contributed by atoms with Gasteiger partial charge in [0.2, 0.25) is 5.91 Å². The molecule has 0 aliphatic heterocycles. The van der Waals surface area contributed by atoms with Crippen LogP contribution < -0.4 is 5.32 Å². The van der Waals surface area contributed by atoms with Crippen LogP contribution in [0.25, 0.3) is 0 Å². The summed E-state index contributed by atoms with van der Waals surface area (Å²) < 4.78 is 0.640. The van der Waals surface area contributed by atoms with Gasteiger partial charge in [0.15, 0.2) is 0 Å². The van der Waals surface area contributed by atoms with Gasteiger partial charge < -0.3 is 10.4 Å². The number of aromatic carboxylic acids is 1. The van der Waals surface area contributed by atoms with Crippen molar-refractivity contribution in [3.8, 4) is 0 Å². The van der Waals surface area contributed by atoms with Gasteiger partial charge in [0.1, 0.15) is 0 Å². The van der Waals surface area contributed by atoms with E-state index in [1.165, 1.54) is 18.6 Å². The van der Waals surface area contributed by atoms with E-state index in [4.69, 9.17) is 5.11 Å². The molecule has 5 heteroatoms. The third-order valence-corrected chi connectivity index (χ3v) is 4.37. The molecule has 2 rings (SSSR count). The molecule has 4 nitrogen and oxygen atoms in total. The zero-order valence-electron chi connectivity index (χ0n) is 11.4. The van der Waals surface area contributed by atoms with E-state index in [-0.39, 0.29) is 16.9 Å². The normalized spacial score (nSPS) is 17.5. The molecule has 1 aromatic carbocycles. The Hall–Kier alpha value is -1.36. The molecule has 1 amide bonds. The molecule has 0 atom stereocenters. The van der Waals surface area contributed by atoms with E-state index in [0.29, 0.717) is 10.2 Å². The molecular weight excluding hydrogens is 322 g/mol. The summed E-state index contributed by atoms with van der Waals surface area (Å²) in [6.45, 7) is 1.98. The maximum absolute atomic E-state index is 12.4. The molecule has 0 saturated heterocycles. The van der Waals surface area contributed by atoms with Gasteiger partial charge in [-0.15, -0.1) is 0 Å². The molecule has 0 aromatic heterocycles. The third kappa shape index (κ3) is 3.39. The minimum Gasteiger partial charge on any atom is -0.478 e. The number of nitrogens with one attached hydrogen (secondary N) is 1. The van der Waals surface area contributed by atoms with Crippen molar-refractivity contribution in [1.82, 2.24) is 0 Å². The van der Waals surface area contributed by atoms with Crippen LogP contribution in [0.1, 0.15) is 49.4 Å². The zero-order valence-corrected chi connectivity index (χ0v) is 13.0. The second-order valence-corrected chi connectivity index (χ2v) is 6.52. The Morgan fingerprint density at radius 1 is 1.20 bits per heavy atom. The molecule has 108 valence electrons. The summed E-state index contributed by atoms with van der Waals surface area (Å²) in [5.41, 5.74) is 0.335. The number of hydrogen-bond donors (Lipinski definition) is 2. The van der Waals surface area contributed by atoms with Gasteiger partial charge in [0.05, 0.1) is 5.56 Å². The molecule has 0 bridgehead atoms. The second kappa shape index (κ2) is 5.95. The molecule has 1 saturated carbocycles. The summed E-state index contributed by atoms with van der Waals surface area (Å²) in [4.78, 5) is 23.4. The molecule has 2 N–H and O–H groups in total. The molecule has 20 heavy (non-hydrogen) atoms. The molecule has 0 heterocycles. The van der Waals surface area contributed by atoms with Crippen LogP contribution in [-0.4, -0.2) is 17.0 Å². The SMILES string of the molecule is CC1(C(=O)Nc2cc(Br)cc(C(=O)O)c2)CCCCC1. The summed E-state index contributed by atoms with van der Waals surface area (Å²) in [6.07, 6.45) is 5.10. The van der Waals surface area contributed by atoms with Crippen molar-refractivity contribution in [3.05, 3.63) is 28.2 Å². The van der Waals surface area contributed by atoms with Crippen LogP contribution in [0.5, 0.6) is 0 Å². The molecule has 0 spiro atoms. The van der Waals surface area contributed by atoms with Crippen molar-refractivity contribution in [3.63, 3.8) is 0 Å². The average Bonchev–Trinajstić information content (AvgIpc) is 2.38. The lowest BCUT2D eigenvalue weighted by atomic mass is 9.75. The molecule has 1 aliphatic rings. The molecular formula is C15H18BrNO3. The highest BCUT2D eigenvalue weighted by atomic mass is 79.9. The van der Waals surface area contributed by atoms with Gasteiger partial charge in [-0.3, -0.25) is 4.79 Å². The summed E-state index contributed by atoms with van der Waals surface area (Å²) in [7, 11) is 0. The first-order valence-electron chi connectivity index (χ1n) is 6.76. The van der Waals surface area contributed by atoms with Crippen LogP contribution in [0.3, 0.4) is 0 Å². The number of halogens is 1. The molecule has 0 unspecified atom stereocenters. The van der Waals surface area contributed by atoms with E-state index in [9.17, 15) is 9.59 Å². The summed E-state index contributed by atoms with van der Waals surface area (Å²) in [5.74, 6) is -1.03. The van der Waals surface area contributed by atoms with Gasteiger partial charge in [-0.25, -0.2) is 4.79 Å². The van der Waals surface area contributed by atoms with Crippen molar-refractivity contribution in [2.75, 3.05) is 5.32 Å². The molecule has 1 aromatic rings. The van der Waals surface area contributed by atoms with Crippen LogP contribution >= 0.6 is 15.9 Å². The number of rotatable bonds is 3. The summed E-state index contributed by atoms with van der Waals surface area (Å²) >= 11 is 3.27. The number of carbonyl (C=O) groups is 2. The van der Waals surface area contributed by atoms with Crippen molar-refractivity contribution in [2.24, 2.45) is 5.41 Å². The maximum Gasteiger partial charge on any atom is 0.335 e. The molecule has 0 radical (unpaired) electrons. The highest BCUT2D eigenvalue weighted by Crippen LogP contribution is 2.37. The van der Waals surface area contributed by atoms with Gasteiger partial charge in [0.25, 0.3) is 0 Å². The lowest BCUT2D eigenvalue weighted by Crippen LogP contribution is -2.35. The van der Waals surface area contributed by atoms with Crippen LogP contribution in [0.15, 0.2) is 22.7 Å². The minimum atomic E-state index is -1.01. The smallest absolute Gasteiger partial charge is 0.335 e. The minimum absolute atomic E-state index is 0.0216. The summed E-state index contributed by atoms with van der Waals surface area (Å²) in [6, 6.07) is 4.72. The molecule has 1 fully saturated rings. The predicted octanol–water partition coefficient (Wildman–Crippen LogP) is 4.06. The van der Waals surface area contributed by atoms with Crippen molar-refractivity contribution >= 4 is 33.5 Å². The topological polar surface area (TPSA) is 66.4 Å². The maximum atomic E-state index is 12.4. The van der Waals surface area contributed by atoms with Gasteiger partial charge in [-0.2, -0.15) is 0 Å². The van der Waals surface area contributed by atoms with E-state index in [1.54, 1.807) is 6.07 Å². The van der Waals surface area contributed by atoms with Crippen LogP contribution in [0.2, 0.25) is 0 Å². The second-order valence-electron chi connectivity index (χ2n) is 5.61. The summed E-state index contributed by atoms with van der Waals surface area (Å²) in [5, 5.41) is 11.9. The number of hydrogen-bond acceptors (Lipinski definition) is 2. The average molecular weight is 340 g/mol. The van der Waals surface area contributed by atoms with E-state index in [2.05, 4.69) is 21.2 Å². The first-order valence-corrected chi connectivity index (χ1v) is 7.55. The highest BCUT2D eigenvalue weighted by molar-refractivity contribution is 9.10. The van der Waals surface area contributed by atoms with Crippen molar-refractivity contribution in [1.29, 1.82) is 0 Å². The number of anilines is 1. The fourth-order valence-electron chi connectivity index (χ4n) is 2.63. The lowest BCUT2D eigenvalue weighted by molar-refractivity contribution is -0.126. The molecule has 1 aliphatic carbocycles. The van der Waals surface area contributed by atoms with Crippen LogP contribution in [-0.2, 0) is 4.79 Å². The highest BCUT2D eigenvalue weighted by Gasteiger charge is 2.34. The monoisotopic (exact) mass is 339 g/mol. The van der Waals surface area contributed by atoms with E-state index in [0.717, 1.165) is 25.7 Å². The van der Waals surface area contributed by atoms with Gasteiger partial charge >= 0.3 is 5.97 Å². The van der Waals surface area contributed by atoms with E-state index < -0.39 is 5.97 Å². The van der Waals surface area contributed by atoms with E-state index in [1.807, 2.05) is 6.92 Å². The first-order chi connectivity index (χ1) is 9.40. The Balaban J connectivity index is 2.17. The first kappa shape index (κ1) is 15.0. The fraction of sp³-hybridized carbons (Fsp3) is 0.467. The van der Waals surface area contributed by atoms with Gasteiger partial charge in [-0.05, 0) is 31.0 Å². The van der Waals surface area contributed by atoms with Crippen LogP contribution in [0.4, 0.5) is 5.69 Å². The number of benzene rings is 1. The fourth-order valence-corrected chi connectivity index (χ4v) is 3.12. The van der Waals surface area contributed by atoms with Gasteiger partial charge in [0, 0.05) is 15.6 Å². The zero-order chi connectivity index (χ0) is 14.8. The quantitative estimate of drug-likeness (QED) is 0.872. The number of amides is 1. The Morgan fingerprint density at radius 3 is 2.45 bits per heavy atom. The third-order valence-electron chi connectivity index (χ3n) is 3.91. The Bertz CT molecular complexity index is 536. The lowest BCUT2D eigenvalue weighted by Gasteiger charge is -2.32. The Labute approximate surface area is 126 Å². The Kier molecular flexibility index (Phi) is 4.48. The largest absolute Gasteiger partial charge is 0.478 e. The van der Waals surface area contributed by atoms with Crippen molar-refractivity contribution in [2.45, 2.75) is 39.0 Å². The van der Waals surface area contributed by atoms with Crippen LogP contribution in [0, 0.1) is 5.41 Å². The Morgan fingerprint density at radius 2 is 1.85 bits per heavy atom. The predicted molar refractivity (Wildman–Crippen MR) is 80.9 cm³/mol. The standard InChI is InChI=1S/C15H18BrNO3/c1-15(5-3-2-4-6-15)14(20)17-12-8-10(13(18)19)7-11(16)9-12/h7-9H,2-6H2,1H3,(H,17,20)(H,18,19). The van der Waals surface area contributed by atoms with Gasteiger partial charge in [-0.1, -0.05) is 42.1 Å². The number of carbonyl (C=O) groups excluding carboxylic acids is 1. The van der Waals surface area contributed by atoms with E-state index >= 15 is 0 Å². The van der Waals surface area contributed by atoms with Crippen molar-refractivity contribution < 1.29 is 14.7 Å². The number of carboxylic acids is 1. The number of carboxylic acid groups (broad SMARTS) is 1.